The second-order valence-electron chi connectivity index (χ2n) is 4.08. The fraction of sp³-hybridized carbons (Fsp3) is 0.778. The maximum absolute atomic E-state index is 11.2. The topological polar surface area (TPSA) is 86.5 Å². The van der Waals surface area contributed by atoms with E-state index < -0.39 is 22.3 Å². The van der Waals surface area contributed by atoms with Gasteiger partial charge in [0.1, 0.15) is 5.78 Å². The minimum Gasteiger partial charge on any atom is -0.464 e. The van der Waals surface area contributed by atoms with Crippen molar-refractivity contribution in [2.24, 2.45) is 5.41 Å². The Morgan fingerprint density at radius 2 is 1.93 bits per heavy atom. The molecule has 0 aliphatic rings. The summed E-state index contributed by atoms with van der Waals surface area (Å²) < 4.78 is 4.35. The fourth-order valence-corrected chi connectivity index (χ4v) is 1.54. The Morgan fingerprint density at radius 1 is 1.47 bits per heavy atom. The van der Waals surface area contributed by atoms with Crippen molar-refractivity contribution in [2.45, 2.75) is 33.2 Å². The number of methoxy groups -OCH3 is 1. The van der Waals surface area contributed by atoms with Crippen LogP contribution in [0.25, 0.3) is 0 Å². The number of carbonyl (C=O) groups is 2. The van der Waals surface area contributed by atoms with Gasteiger partial charge < -0.3 is 9.53 Å². The van der Waals surface area contributed by atoms with Gasteiger partial charge in [-0.15, -0.1) is 0 Å². The van der Waals surface area contributed by atoms with Crippen molar-refractivity contribution >= 4 is 11.8 Å². The zero-order valence-electron chi connectivity index (χ0n) is 9.27. The molecule has 0 aromatic heterocycles. The molecule has 0 saturated heterocycles. The maximum Gasteiger partial charge on any atom is 0.381 e. The Balaban J connectivity index is 4.98. The average molecular weight is 217 g/mol. The minimum absolute atomic E-state index is 0.0340. The molecule has 0 fully saturated rings. The van der Waals surface area contributed by atoms with Gasteiger partial charge in [-0.05, 0) is 6.92 Å². The molecule has 15 heavy (non-hydrogen) atoms. The van der Waals surface area contributed by atoms with Crippen LogP contribution in [0.4, 0.5) is 0 Å². The summed E-state index contributed by atoms with van der Waals surface area (Å²) in [7, 11) is 1.09. The molecule has 0 N–H and O–H groups in total. The molecule has 0 aliphatic carbocycles. The van der Waals surface area contributed by atoms with E-state index in [-0.39, 0.29) is 12.2 Å². The zero-order chi connectivity index (χ0) is 12.2. The van der Waals surface area contributed by atoms with Gasteiger partial charge in [0.05, 0.1) is 12.5 Å². The van der Waals surface area contributed by atoms with Crippen molar-refractivity contribution in [3.63, 3.8) is 0 Å². The Hall–Kier alpha value is -1.46. The summed E-state index contributed by atoms with van der Waals surface area (Å²) in [4.78, 5) is 32.1. The first kappa shape index (κ1) is 13.5. The van der Waals surface area contributed by atoms with Gasteiger partial charge in [0, 0.05) is 11.3 Å². The smallest absolute Gasteiger partial charge is 0.381 e. The first-order valence-corrected chi connectivity index (χ1v) is 4.43. The van der Waals surface area contributed by atoms with Crippen molar-refractivity contribution in [2.75, 3.05) is 7.11 Å². The van der Waals surface area contributed by atoms with E-state index in [1.54, 1.807) is 0 Å². The van der Waals surface area contributed by atoms with Crippen molar-refractivity contribution in [1.82, 2.24) is 0 Å². The van der Waals surface area contributed by atoms with Crippen LogP contribution in [0.2, 0.25) is 0 Å². The highest BCUT2D eigenvalue weighted by atomic mass is 16.6. The molecular formula is C9H15NO5. The van der Waals surface area contributed by atoms with E-state index in [0.717, 1.165) is 7.11 Å². The summed E-state index contributed by atoms with van der Waals surface area (Å²) in [5, 5.41) is 10.7. The van der Waals surface area contributed by atoms with Crippen LogP contribution in [0.1, 0.15) is 27.2 Å². The molecule has 0 aromatic rings. The molecule has 0 aliphatic heterocycles. The predicted molar refractivity (Wildman–Crippen MR) is 51.9 cm³/mol. The fourth-order valence-electron chi connectivity index (χ4n) is 1.54. The van der Waals surface area contributed by atoms with Gasteiger partial charge in [0.15, 0.2) is 0 Å². The van der Waals surface area contributed by atoms with Gasteiger partial charge in [-0.1, -0.05) is 13.8 Å². The summed E-state index contributed by atoms with van der Waals surface area (Å²) >= 11 is 0. The number of carbonyl (C=O) groups excluding carboxylic acids is 2. The van der Waals surface area contributed by atoms with Crippen molar-refractivity contribution in [1.29, 1.82) is 0 Å². The molecule has 86 valence electrons. The van der Waals surface area contributed by atoms with Crippen LogP contribution >= 0.6 is 0 Å². The van der Waals surface area contributed by atoms with Crippen molar-refractivity contribution < 1.29 is 19.2 Å². The highest BCUT2D eigenvalue weighted by molar-refractivity contribution is 5.79. The SMILES string of the molecule is COC(=O)C([N+](=O)[O-])C(C)(C)CC(C)=O. The van der Waals surface area contributed by atoms with Crippen LogP contribution in [0, 0.1) is 15.5 Å². The number of nitrogens with zero attached hydrogens (tertiary/aromatic N) is 1. The third kappa shape index (κ3) is 3.65. The molecule has 0 aromatic carbocycles. The molecule has 0 spiro atoms. The number of ketones is 1. The Bertz CT molecular complexity index is 284. The summed E-state index contributed by atoms with van der Waals surface area (Å²) in [5.41, 5.74) is -1.04. The van der Waals surface area contributed by atoms with Gasteiger partial charge in [-0.3, -0.25) is 10.1 Å². The number of hydrogen-bond donors (Lipinski definition) is 0. The second kappa shape index (κ2) is 4.86. The van der Waals surface area contributed by atoms with Crippen LogP contribution in [0.3, 0.4) is 0 Å². The van der Waals surface area contributed by atoms with E-state index >= 15 is 0 Å². The first-order valence-electron chi connectivity index (χ1n) is 4.43. The van der Waals surface area contributed by atoms with E-state index in [4.69, 9.17) is 0 Å². The van der Waals surface area contributed by atoms with Gasteiger partial charge in [0.2, 0.25) is 0 Å². The van der Waals surface area contributed by atoms with Gasteiger partial charge >= 0.3 is 12.0 Å². The lowest BCUT2D eigenvalue weighted by Gasteiger charge is -2.24. The maximum atomic E-state index is 11.2. The van der Waals surface area contributed by atoms with Gasteiger partial charge in [-0.25, -0.2) is 4.79 Å². The Morgan fingerprint density at radius 3 is 2.20 bits per heavy atom. The highest BCUT2D eigenvalue weighted by Crippen LogP contribution is 2.28. The van der Waals surface area contributed by atoms with Crippen LogP contribution < -0.4 is 0 Å². The molecule has 0 amide bonds. The van der Waals surface area contributed by atoms with Crippen LogP contribution in [-0.4, -0.2) is 29.8 Å². The van der Waals surface area contributed by atoms with Crippen molar-refractivity contribution in [3.8, 4) is 0 Å². The molecule has 0 heterocycles. The number of nitro groups is 1. The third-order valence-electron chi connectivity index (χ3n) is 2.08. The Labute approximate surface area is 87.7 Å². The van der Waals surface area contributed by atoms with Crippen LogP contribution in [0.5, 0.6) is 0 Å². The molecule has 0 radical (unpaired) electrons. The summed E-state index contributed by atoms with van der Waals surface area (Å²) in [6, 6.07) is -1.51. The van der Waals surface area contributed by atoms with Crippen molar-refractivity contribution in [3.05, 3.63) is 10.1 Å². The summed E-state index contributed by atoms with van der Waals surface area (Å²) in [6.45, 7) is 4.33. The minimum atomic E-state index is -1.51. The van der Waals surface area contributed by atoms with Crippen LogP contribution in [-0.2, 0) is 14.3 Å². The van der Waals surface area contributed by atoms with Crippen LogP contribution in [0.15, 0.2) is 0 Å². The third-order valence-corrected chi connectivity index (χ3v) is 2.08. The standard InChI is InChI=1S/C9H15NO5/c1-6(11)5-9(2,3)7(10(13)14)8(12)15-4/h7H,5H2,1-4H3. The number of hydrogen-bond acceptors (Lipinski definition) is 5. The lowest BCUT2D eigenvalue weighted by molar-refractivity contribution is -0.527. The zero-order valence-corrected chi connectivity index (χ0v) is 9.27. The number of rotatable bonds is 5. The molecule has 0 saturated carbocycles. The molecule has 6 nitrogen and oxygen atoms in total. The van der Waals surface area contributed by atoms with E-state index in [2.05, 4.69) is 4.74 Å². The summed E-state index contributed by atoms with van der Waals surface area (Å²) in [5.74, 6) is -1.12. The molecule has 6 heteroatoms. The quantitative estimate of drug-likeness (QED) is 0.386. The Kier molecular flexibility index (Phi) is 4.39. The van der Waals surface area contributed by atoms with E-state index in [9.17, 15) is 19.7 Å². The normalized spacial score (nSPS) is 13.1. The lowest BCUT2D eigenvalue weighted by atomic mass is 9.80. The number of ether oxygens (including phenoxy) is 1. The molecule has 0 bridgehead atoms. The molecule has 0 rings (SSSR count). The van der Waals surface area contributed by atoms with E-state index in [1.807, 2.05) is 0 Å². The summed E-state index contributed by atoms with van der Waals surface area (Å²) in [6.07, 6.45) is -0.0340. The van der Waals surface area contributed by atoms with Gasteiger partial charge in [0.25, 0.3) is 0 Å². The monoisotopic (exact) mass is 217 g/mol. The average Bonchev–Trinajstić information content (AvgIpc) is 1.99. The lowest BCUT2D eigenvalue weighted by Crippen LogP contribution is -2.44. The molecular weight excluding hydrogens is 202 g/mol. The largest absolute Gasteiger partial charge is 0.464 e. The predicted octanol–water partition coefficient (Wildman–Crippen LogP) is 0.810. The number of esters is 1. The first-order chi connectivity index (χ1) is 6.72. The second-order valence-corrected chi connectivity index (χ2v) is 4.08. The van der Waals surface area contributed by atoms with Gasteiger partial charge in [-0.2, -0.15) is 0 Å². The molecule has 1 atom stereocenters. The van der Waals surface area contributed by atoms with E-state index in [1.165, 1.54) is 20.8 Å². The highest BCUT2D eigenvalue weighted by Gasteiger charge is 2.46. The molecule has 1 unspecified atom stereocenters. The number of Topliss-reactive ketones (excluding diaryl/α,β-unsaturated/α-hetero) is 1. The van der Waals surface area contributed by atoms with E-state index in [0.29, 0.717) is 0 Å².